The predicted octanol–water partition coefficient (Wildman–Crippen LogP) is 5.97. The molecule has 0 aliphatic heterocycles. The van der Waals surface area contributed by atoms with E-state index in [1.54, 1.807) is 14.0 Å². The number of fused-ring (bicyclic) bond motifs is 1. The highest BCUT2D eigenvalue weighted by molar-refractivity contribution is 6.32. The van der Waals surface area contributed by atoms with Gasteiger partial charge in [0.2, 0.25) is 5.91 Å². The van der Waals surface area contributed by atoms with Crippen LogP contribution >= 0.6 is 11.6 Å². The van der Waals surface area contributed by atoms with Crippen molar-refractivity contribution in [3.05, 3.63) is 67.9 Å². The van der Waals surface area contributed by atoms with E-state index in [-0.39, 0.29) is 16.4 Å². The zero-order valence-corrected chi connectivity index (χ0v) is 18.0. The van der Waals surface area contributed by atoms with Gasteiger partial charge in [-0.2, -0.15) is 0 Å². The van der Waals surface area contributed by atoms with E-state index in [0.29, 0.717) is 11.3 Å². The van der Waals surface area contributed by atoms with E-state index in [1.165, 1.54) is 24.3 Å². The molecule has 0 aliphatic carbocycles. The minimum absolute atomic E-state index is 0.00371. The van der Waals surface area contributed by atoms with E-state index in [1.807, 2.05) is 26.8 Å². The van der Waals surface area contributed by atoms with E-state index in [9.17, 15) is 14.9 Å². The number of methoxy groups -OCH3 is 1. The van der Waals surface area contributed by atoms with Crippen LogP contribution in [0.2, 0.25) is 5.02 Å². The highest BCUT2D eigenvalue weighted by Gasteiger charge is 2.19. The van der Waals surface area contributed by atoms with Crippen molar-refractivity contribution in [1.29, 1.82) is 0 Å². The zero-order chi connectivity index (χ0) is 22.2. The molecule has 3 rings (SSSR count). The molecule has 1 aromatic heterocycles. The Balaban J connectivity index is 1.98. The van der Waals surface area contributed by atoms with Gasteiger partial charge >= 0.3 is 0 Å². The second-order valence-corrected chi connectivity index (χ2v) is 7.39. The number of nitro benzene ring substituents is 1. The van der Waals surface area contributed by atoms with E-state index >= 15 is 0 Å². The van der Waals surface area contributed by atoms with E-state index in [0.717, 1.165) is 33.4 Å². The highest BCUT2D eigenvalue weighted by atomic mass is 35.5. The van der Waals surface area contributed by atoms with Crippen LogP contribution in [0.1, 0.15) is 29.4 Å². The molecule has 1 amide bonds. The molecule has 0 saturated carbocycles. The number of anilines is 1. The second-order valence-electron chi connectivity index (χ2n) is 6.98. The van der Waals surface area contributed by atoms with Gasteiger partial charge in [0.1, 0.15) is 22.1 Å². The molecule has 1 N–H and O–H groups in total. The van der Waals surface area contributed by atoms with Crippen LogP contribution in [0.25, 0.3) is 16.5 Å². The highest BCUT2D eigenvalue weighted by Crippen LogP contribution is 2.38. The minimum atomic E-state index is -0.600. The van der Waals surface area contributed by atoms with Crippen LogP contribution in [0.4, 0.5) is 11.4 Å². The van der Waals surface area contributed by atoms with Crippen LogP contribution in [0, 0.1) is 30.9 Å². The molecule has 0 spiro atoms. The first kappa shape index (κ1) is 21.4. The van der Waals surface area contributed by atoms with Crippen molar-refractivity contribution in [3.8, 4) is 5.75 Å². The number of carbonyl (C=O) groups excluding carboxylic acids is 1. The molecule has 1 heterocycles. The number of rotatable bonds is 5. The fourth-order valence-electron chi connectivity index (χ4n) is 3.35. The maximum Gasteiger partial charge on any atom is 0.289 e. The summed E-state index contributed by atoms with van der Waals surface area (Å²) in [6.07, 6.45) is 1.42. The SMILES string of the molecule is COc1c(/C(C)=C/C(=O)Nc2ccc(Cl)c([N+](=O)[O-])c2)cc2c(C)c(C)oc2c1C. The molecule has 156 valence electrons. The normalized spacial score (nSPS) is 11.6. The van der Waals surface area contributed by atoms with Crippen molar-refractivity contribution in [1.82, 2.24) is 0 Å². The topological polar surface area (TPSA) is 94.6 Å². The number of nitrogens with one attached hydrogen (secondary N) is 1. The standard InChI is InChI=1S/C22H21ClN2O5/c1-11(8-20(26)24-15-6-7-18(23)19(9-15)25(27)28)16-10-17-12(2)14(4)30-22(17)13(3)21(16)29-5/h6-10H,1-5H3,(H,24,26)/b11-8+. The minimum Gasteiger partial charge on any atom is -0.496 e. The van der Waals surface area contributed by atoms with Gasteiger partial charge in [0.25, 0.3) is 5.69 Å². The monoisotopic (exact) mass is 428 g/mol. The molecule has 8 heteroatoms. The Hall–Kier alpha value is -3.32. The predicted molar refractivity (Wildman–Crippen MR) is 117 cm³/mol. The molecule has 0 saturated heterocycles. The van der Waals surface area contributed by atoms with Crippen molar-refractivity contribution in [2.45, 2.75) is 27.7 Å². The number of furan rings is 1. The molecule has 3 aromatic rings. The molecule has 0 fully saturated rings. The number of hydrogen-bond acceptors (Lipinski definition) is 5. The van der Waals surface area contributed by atoms with E-state index in [2.05, 4.69) is 5.32 Å². The smallest absolute Gasteiger partial charge is 0.289 e. The van der Waals surface area contributed by atoms with Crippen LogP contribution in [0.3, 0.4) is 0 Å². The van der Waals surface area contributed by atoms with Gasteiger partial charge in [-0.15, -0.1) is 0 Å². The Morgan fingerprint density at radius 1 is 1.23 bits per heavy atom. The summed E-state index contributed by atoms with van der Waals surface area (Å²) in [4.78, 5) is 23.0. The Morgan fingerprint density at radius 3 is 2.57 bits per heavy atom. The van der Waals surface area contributed by atoms with Crippen LogP contribution in [0.15, 0.2) is 34.8 Å². The molecule has 0 aliphatic rings. The number of carbonyl (C=O) groups is 1. The van der Waals surface area contributed by atoms with Gasteiger partial charge in [-0.3, -0.25) is 14.9 Å². The average Bonchev–Trinajstić information content (AvgIpc) is 2.97. The maximum absolute atomic E-state index is 12.5. The summed E-state index contributed by atoms with van der Waals surface area (Å²) in [5, 5.41) is 14.6. The Kier molecular flexibility index (Phi) is 5.85. The lowest BCUT2D eigenvalue weighted by Crippen LogP contribution is -2.09. The number of nitro groups is 1. The van der Waals surface area contributed by atoms with Gasteiger partial charge in [0.05, 0.1) is 12.0 Å². The molecule has 7 nitrogen and oxygen atoms in total. The van der Waals surface area contributed by atoms with Gasteiger partial charge < -0.3 is 14.5 Å². The summed E-state index contributed by atoms with van der Waals surface area (Å²) < 4.78 is 11.4. The quantitative estimate of drug-likeness (QED) is 0.307. The maximum atomic E-state index is 12.5. The van der Waals surface area contributed by atoms with Gasteiger partial charge in [-0.1, -0.05) is 11.6 Å². The number of benzene rings is 2. The molecule has 30 heavy (non-hydrogen) atoms. The fraction of sp³-hybridized carbons (Fsp3) is 0.227. The zero-order valence-electron chi connectivity index (χ0n) is 17.3. The molecule has 0 unspecified atom stereocenters. The van der Waals surface area contributed by atoms with Crippen LogP contribution in [-0.2, 0) is 4.79 Å². The summed E-state index contributed by atoms with van der Waals surface area (Å²) in [5.74, 6) is 1.03. The Labute approximate surface area is 178 Å². The van der Waals surface area contributed by atoms with Crippen molar-refractivity contribution >= 4 is 45.4 Å². The molecule has 2 aromatic carbocycles. The van der Waals surface area contributed by atoms with Gasteiger partial charge in [-0.05, 0) is 57.0 Å². The Bertz CT molecular complexity index is 1210. The Morgan fingerprint density at radius 2 is 1.93 bits per heavy atom. The summed E-state index contributed by atoms with van der Waals surface area (Å²) in [5.41, 5.74) is 4.09. The van der Waals surface area contributed by atoms with Gasteiger partial charge in [-0.25, -0.2) is 0 Å². The first-order valence-electron chi connectivity index (χ1n) is 9.15. The molecule has 0 radical (unpaired) electrons. The number of allylic oxidation sites excluding steroid dienone is 1. The van der Waals surface area contributed by atoms with Gasteiger partial charge in [0, 0.05) is 34.3 Å². The largest absolute Gasteiger partial charge is 0.496 e. The van der Waals surface area contributed by atoms with Crippen LogP contribution < -0.4 is 10.1 Å². The number of ether oxygens (including phenoxy) is 1. The van der Waals surface area contributed by atoms with Crippen molar-refractivity contribution in [2.75, 3.05) is 12.4 Å². The fourth-order valence-corrected chi connectivity index (χ4v) is 3.54. The summed E-state index contributed by atoms with van der Waals surface area (Å²) in [6.45, 7) is 7.60. The van der Waals surface area contributed by atoms with Gasteiger partial charge in [0.15, 0.2) is 0 Å². The third kappa shape index (κ3) is 3.89. The number of amides is 1. The van der Waals surface area contributed by atoms with Crippen molar-refractivity contribution in [3.63, 3.8) is 0 Å². The van der Waals surface area contributed by atoms with Crippen LogP contribution in [-0.4, -0.2) is 17.9 Å². The molecule has 0 bridgehead atoms. The van der Waals surface area contributed by atoms with E-state index in [4.69, 9.17) is 20.8 Å². The first-order valence-corrected chi connectivity index (χ1v) is 9.52. The van der Waals surface area contributed by atoms with Crippen molar-refractivity contribution in [2.24, 2.45) is 0 Å². The second kappa shape index (κ2) is 8.20. The molecule has 0 atom stereocenters. The molecular formula is C22H21ClN2O5. The lowest BCUT2D eigenvalue weighted by molar-refractivity contribution is -0.384. The third-order valence-corrected chi connectivity index (χ3v) is 5.35. The van der Waals surface area contributed by atoms with E-state index < -0.39 is 10.8 Å². The summed E-state index contributed by atoms with van der Waals surface area (Å²) in [7, 11) is 1.57. The third-order valence-electron chi connectivity index (χ3n) is 5.03. The van der Waals surface area contributed by atoms with Crippen LogP contribution in [0.5, 0.6) is 5.75 Å². The number of halogens is 1. The lowest BCUT2D eigenvalue weighted by atomic mass is 9.98. The average molecular weight is 429 g/mol. The first-order chi connectivity index (χ1) is 14.1. The summed E-state index contributed by atoms with van der Waals surface area (Å²) in [6, 6.07) is 6.04. The van der Waals surface area contributed by atoms with Crippen molar-refractivity contribution < 1.29 is 18.9 Å². The lowest BCUT2D eigenvalue weighted by Gasteiger charge is -2.13. The number of hydrogen-bond donors (Lipinski definition) is 1. The number of aryl methyl sites for hydroxylation is 3. The summed E-state index contributed by atoms with van der Waals surface area (Å²) >= 11 is 5.81. The number of nitrogens with zero attached hydrogens (tertiary/aromatic N) is 1. The molecular weight excluding hydrogens is 408 g/mol.